The zero-order chi connectivity index (χ0) is 12.9. The van der Waals surface area contributed by atoms with Crippen LogP contribution >= 0.6 is 0 Å². The molecule has 0 radical (unpaired) electrons. The number of hydrogen-bond donors (Lipinski definition) is 2. The normalized spacial score (nSPS) is 10.9. The van der Waals surface area contributed by atoms with Crippen LogP contribution in [-0.2, 0) is 4.79 Å². The molecule has 1 amide bonds. The van der Waals surface area contributed by atoms with Gasteiger partial charge in [-0.25, -0.2) is 4.98 Å². The first-order valence-corrected chi connectivity index (χ1v) is 5.42. The fourth-order valence-electron chi connectivity index (χ4n) is 1.41. The Hall–Kier alpha value is -1.91. The summed E-state index contributed by atoms with van der Waals surface area (Å²) in [5.41, 5.74) is -0.437. The van der Waals surface area contributed by atoms with Crippen molar-refractivity contribution in [3.63, 3.8) is 0 Å². The van der Waals surface area contributed by atoms with Gasteiger partial charge in [-0.15, -0.1) is 0 Å². The van der Waals surface area contributed by atoms with Crippen molar-refractivity contribution in [1.82, 2.24) is 15.3 Å². The van der Waals surface area contributed by atoms with Crippen molar-refractivity contribution >= 4 is 11.7 Å². The van der Waals surface area contributed by atoms with Gasteiger partial charge in [0.1, 0.15) is 0 Å². The van der Waals surface area contributed by atoms with Crippen molar-refractivity contribution in [3.8, 4) is 0 Å². The quantitative estimate of drug-likeness (QED) is 0.579. The van der Waals surface area contributed by atoms with E-state index >= 15 is 0 Å². The summed E-state index contributed by atoms with van der Waals surface area (Å²) in [5, 5.41) is 2.77. The fraction of sp³-hybridized carbons (Fsp3) is 0.417. The first-order chi connectivity index (χ1) is 7.94. The molecule has 0 aliphatic rings. The Kier molecular flexibility index (Phi) is 4.20. The Morgan fingerprint density at radius 1 is 1.59 bits per heavy atom. The molecule has 0 fully saturated rings. The molecule has 0 unspecified atom stereocenters. The number of amides is 1. The van der Waals surface area contributed by atoms with Crippen LogP contribution in [0.5, 0.6) is 0 Å². The zero-order valence-corrected chi connectivity index (χ0v) is 10.1. The monoisotopic (exact) mass is 235 g/mol. The first kappa shape index (κ1) is 13.2. The summed E-state index contributed by atoms with van der Waals surface area (Å²) in [6, 6.07) is 0. The third-order valence-corrected chi connectivity index (χ3v) is 2.39. The van der Waals surface area contributed by atoms with E-state index in [9.17, 15) is 9.59 Å². The second-order valence-corrected chi connectivity index (χ2v) is 4.44. The lowest BCUT2D eigenvalue weighted by Gasteiger charge is -2.25. The number of rotatable bonds is 6. The maximum atomic E-state index is 11.7. The van der Waals surface area contributed by atoms with Gasteiger partial charge in [0, 0.05) is 24.4 Å². The minimum atomic E-state index is -0.437. The lowest BCUT2D eigenvalue weighted by atomic mass is 9.96. The summed E-state index contributed by atoms with van der Waals surface area (Å²) in [7, 11) is 0. The number of aromatic amines is 1. The van der Waals surface area contributed by atoms with Gasteiger partial charge < -0.3 is 10.3 Å². The largest absolute Gasteiger partial charge is 0.348 e. The highest BCUT2D eigenvalue weighted by molar-refractivity contribution is 5.92. The van der Waals surface area contributed by atoms with E-state index in [0.29, 0.717) is 18.7 Å². The first-order valence-electron chi connectivity index (χ1n) is 5.42. The number of H-pyrrole nitrogens is 1. The molecule has 0 bridgehead atoms. The minimum Gasteiger partial charge on any atom is -0.348 e. The molecule has 0 aliphatic heterocycles. The van der Waals surface area contributed by atoms with Crippen LogP contribution in [0.3, 0.4) is 0 Å². The molecule has 0 saturated carbocycles. The van der Waals surface area contributed by atoms with Gasteiger partial charge in [0.15, 0.2) is 11.6 Å². The van der Waals surface area contributed by atoms with Crippen molar-refractivity contribution in [3.05, 3.63) is 30.9 Å². The SMILES string of the molecule is C=CC(=O)NC(C)(C)CCC(=O)c1ncc[nH]1. The predicted octanol–water partition coefficient (Wildman–Crippen LogP) is 1.45. The van der Waals surface area contributed by atoms with Gasteiger partial charge in [-0.1, -0.05) is 6.58 Å². The van der Waals surface area contributed by atoms with E-state index in [-0.39, 0.29) is 11.7 Å². The maximum absolute atomic E-state index is 11.7. The molecule has 0 aliphatic carbocycles. The Morgan fingerprint density at radius 2 is 2.29 bits per heavy atom. The number of ketones is 1. The van der Waals surface area contributed by atoms with Crippen LogP contribution in [0.4, 0.5) is 0 Å². The van der Waals surface area contributed by atoms with E-state index in [1.807, 2.05) is 13.8 Å². The Balaban J connectivity index is 2.47. The van der Waals surface area contributed by atoms with Crippen LogP contribution < -0.4 is 5.32 Å². The van der Waals surface area contributed by atoms with E-state index in [1.165, 1.54) is 12.3 Å². The zero-order valence-electron chi connectivity index (χ0n) is 10.1. The molecule has 92 valence electrons. The molecule has 0 saturated heterocycles. The maximum Gasteiger partial charge on any atom is 0.243 e. The van der Waals surface area contributed by atoms with Crippen LogP contribution in [0.15, 0.2) is 25.0 Å². The Bertz CT molecular complexity index is 407. The van der Waals surface area contributed by atoms with Crippen LogP contribution in [-0.4, -0.2) is 27.2 Å². The van der Waals surface area contributed by atoms with Gasteiger partial charge in [-0.05, 0) is 26.3 Å². The average Bonchev–Trinajstić information content (AvgIpc) is 2.78. The number of Topliss-reactive ketones (excluding diaryl/α,β-unsaturated/α-hetero) is 1. The molecule has 0 atom stereocenters. The highest BCUT2D eigenvalue weighted by atomic mass is 16.1. The Labute approximate surface area is 100 Å². The number of carbonyl (C=O) groups is 2. The number of nitrogens with zero attached hydrogens (tertiary/aromatic N) is 1. The fourth-order valence-corrected chi connectivity index (χ4v) is 1.41. The van der Waals surface area contributed by atoms with Crippen molar-refractivity contribution in [2.24, 2.45) is 0 Å². The van der Waals surface area contributed by atoms with Crippen LogP contribution in [0.1, 0.15) is 37.3 Å². The molecule has 0 spiro atoms. The van der Waals surface area contributed by atoms with Crippen LogP contribution in [0.25, 0.3) is 0 Å². The molecule has 5 heteroatoms. The second-order valence-electron chi connectivity index (χ2n) is 4.44. The van der Waals surface area contributed by atoms with Gasteiger partial charge in [0.25, 0.3) is 0 Å². The summed E-state index contributed by atoms with van der Waals surface area (Å²) >= 11 is 0. The van der Waals surface area contributed by atoms with Gasteiger partial charge in [0.05, 0.1) is 0 Å². The molecular weight excluding hydrogens is 218 g/mol. The number of hydrogen-bond acceptors (Lipinski definition) is 3. The third kappa shape index (κ3) is 4.22. The van der Waals surface area contributed by atoms with Gasteiger partial charge in [-0.3, -0.25) is 9.59 Å². The Morgan fingerprint density at radius 3 is 2.82 bits per heavy atom. The lowest BCUT2D eigenvalue weighted by molar-refractivity contribution is -0.118. The number of carbonyl (C=O) groups excluding carboxylic acids is 2. The van der Waals surface area contributed by atoms with Crippen molar-refractivity contribution in [2.75, 3.05) is 0 Å². The van der Waals surface area contributed by atoms with E-state index < -0.39 is 5.54 Å². The highest BCUT2D eigenvalue weighted by Gasteiger charge is 2.21. The molecule has 1 aromatic heterocycles. The van der Waals surface area contributed by atoms with E-state index in [1.54, 1.807) is 6.20 Å². The standard InChI is InChI=1S/C12H17N3O2/c1-4-10(17)15-12(2,3)6-5-9(16)11-13-7-8-14-11/h4,7-8H,1,5-6H2,2-3H3,(H,13,14)(H,15,17). The topological polar surface area (TPSA) is 74.8 Å². The van der Waals surface area contributed by atoms with Crippen molar-refractivity contribution in [1.29, 1.82) is 0 Å². The smallest absolute Gasteiger partial charge is 0.243 e. The van der Waals surface area contributed by atoms with E-state index in [0.717, 1.165) is 0 Å². The predicted molar refractivity (Wildman–Crippen MR) is 64.6 cm³/mol. The second kappa shape index (κ2) is 5.43. The molecule has 0 aromatic carbocycles. The molecule has 5 nitrogen and oxygen atoms in total. The molecule has 1 rings (SSSR count). The number of nitrogens with one attached hydrogen (secondary N) is 2. The summed E-state index contributed by atoms with van der Waals surface area (Å²) in [4.78, 5) is 29.5. The summed E-state index contributed by atoms with van der Waals surface area (Å²) in [6.07, 6.45) is 5.25. The van der Waals surface area contributed by atoms with E-state index in [4.69, 9.17) is 0 Å². The summed E-state index contributed by atoms with van der Waals surface area (Å²) in [6.45, 7) is 7.12. The lowest BCUT2D eigenvalue weighted by Crippen LogP contribution is -2.42. The highest BCUT2D eigenvalue weighted by Crippen LogP contribution is 2.13. The van der Waals surface area contributed by atoms with Crippen LogP contribution in [0.2, 0.25) is 0 Å². The molecule has 17 heavy (non-hydrogen) atoms. The summed E-state index contributed by atoms with van der Waals surface area (Å²) < 4.78 is 0. The van der Waals surface area contributed by atoms with Crippen LogP contribution in [0, 0.1) is 0 Å². The molecular formula is C12H17N3O2. The molecule has 1 aromatic rings. The van der Waals surface area contributed by atoms with Crippen molar-refractivity contribution < 1.29 is 9.59 Å². The molecule has 2 N–H and O–H groups in total. The van der Waals surface area contributed by atoms with Gasteiger partial charge in [-0.2, -0.15) is 0 Å². The van der Waals surface area contributed by atoms with Crippen molar-refractivity contribution in [2.45, 2.75) is 32.2 Å². The van der Waals surface area contributed by atoms with E-state index in [2.05, 4.69) is 21.9 Å². The molecule has 1 heterocycles. The average molecular weight is 235 g/mol. The number of aromatic nitrogens is 2. The van der Waals surface area contributed by atoms with Gasteiger partial charge >= 0.3 is 0 Å². The number of imidazole rings is 1. The van der Waals surface area contributed by atoms with Gasteiger partial charge in [0.2, 0.25) is 5.91 Å². The minimum absolute atomic E-state index is 0.0593. The third-order valence-electron chi connectivity index (χ3n) is 2.39. The summed E-state index contributed by atoms with van der Waals surface area (Å²) in [5.74, 6) is 0.0622.